The summed E-state index contributed by atoms with van der Waals surface area (Å²) in [4.78, 5) is 26.7. The zero-order valence-corrected chi connectivity index (χ0v) is 13.5. The van der Waals surface area contributed by atoms with Gasteiger partial charge in [-0.1, -0.05) is 6.07 Å². The Bertz CT molecular complexity index is 695. The monoisotopic (exact) mass is 334 g/mol. The first-order valence-electron chi connectivity index (χ1n) is 7.39. The van der Waals surface area contributed by atoms with E-state index in [0.29, 0.717) is 18.8 Å². The number of carboxylic acids is 1. The molecule has 122 valence electrons. The van der Waals surface area contributed by atoms with Crippen LogP contribution in [-0.2, 0) is 16.1 Å². The molecule has 0 aliphatic carbocycles. The molecule has 7 heteroatoms. The van der Waals surface area contributed by atoms with Gasteiger partial charge in [-0.05, 0) is 30.5 Å². The van der Waals surface area contributed by atoms with E-state index in [2.05, 4.69) is 0 Å². The number of carbonyl (C=O) groups excluding carboxylic acids is 1. The Morgan fingerprint density at radius 3 is 2.87 bits per heavy atom. The number of hydrogen-bond donors (Lipinski definition) is 1. The number of rotatable bonds is 4. The van der Waals surface area contributed by atoms with E-state index in [0.717, 1.165) is 4.88 Å². The van der Waals surface area contributed by atoms with Gasteiger partial charge in [0.2, 0.25) is 0 Å². The van der Waals surface area contributed by atoms with Crippen LogP contribution >= 0.6 is 11.3 Å². The summed E-state index contributed by atoms with van der Waals surface area (Å²) < 4.78 is 7.26. The molecule has 2 aromatic rings. The van der Waals surface area contributed by atoms with E-state index in [1.807, 2.05) is 34.3 Å². The van der Waals surface area contributed by atoms with Crippen LogP contribution in [0.1, 0.15) is 22.3 Å². The number of ether oxygens (including phenoxy) is 1. The Morgan fingerprint density at radius 1 is 1.35 bits per heavy atom. The maximum Gasteiger partial charge on any atom is 0.334 e. The van der Waals surface area contributed by atoms with Gasteiger partial charge in [0, 0.05) is 17.6 Å². The smallest absolute Gasteiger partial charge is 0.334 e. The van der Waals surface area contributed by atoms with Crippen molar-refractivity contribution in [3.63, 3.8) is 0 Å². The molecular weight excluding hydrogens is 316 g/mol. The molecule has 0 saturated carbocycles. The largest absolute Gasteiger partial charge is 0.479 e. The molecule has 1 amide bonds. The van der Waals surface area contributed by atoms with Crippen LogP contribution in [0.4, 0.5) is 0 Å². The molecule has 6 nitrogen and oxygen atoms in total. The van der Waals surface area contributed by atoms with Crippen molar-refractivity contribution in [1.29, 1.82) is 0 Å². The standard InChI is InChI=1S/C16H18N2O4S/c1-11-8-18(10-14(22-11)16(20)21)15(19)13-5-2-6-17(13)9-12-4-3-7-23-12/h2-7,11,14H,8-10H2,1H3,(H,20,21)/t11-,14?/m1/s1. The van der Waals surface area contributed by atoms with Crippen LogP contribution < -0.4 is 0 Å². The van der Waals surface area contributed by atoms with E-state index < -0.39 is 12.1 Å². The number of thiophene rings is 1. The molecule has 3 heterocycles. The fraction of sp³-hybridized carbons (Fsp3) is 0.375. The summed E-state index contributed by atoms with van der Waals surface area (Å²) in [6.07, 6.45) is 0.601. The van der Waals surface area contributed by atoms with E-state index in [4.69, 9.17) is 9.84 Å². The summed E-state index contributed by atoms with van der Waals surface area (Å²) in [5, 5.41) is 11.1. The first-order valence-corrected chi connectivity index (χ1v) is 8.27. The number of hydrogen-bond acceptors (Lipinski definition) is 4. The van der Waals surface area contributed by atoms with Gasteiger partial charge < -0.3 is 19.3 Å². The Morgan fingerprint density at radius 2 is 2.17 bits per heavy atom. The number of carboxylic acid groups (broad SMARTS) is 1. The lowest BCUT2D eigenvalue weighted by molar-refractivity contribution is -0.160. The molecule has 0 spiro atoms. The molecule has 1 saturated heterocycles. The van der Waals surface area contributed by atoms with Gasteiger partial charge in [-0.25, -0.2) is 4.79 Å². The minimum absolute atomic E-state index is 0.0721. The highest BCUT2D eigenvalue weighted by Gasteiger charge is 2.33. The number of carbonyl (C=O) groups is 2. The van der Waals surface area contributed by atoms with Gasteiger partial charge in [0.1, 0.15) is 5.69 Å². The summed E-state index contributed by atoms with van der Waals surface area (Å²) in [7, 11) is 0. The highest BCUT2D eigenvalue weighted by atomic mass is 32.1. The molecule has 1 aliphatic heterocycles. The number of nitrogens with zero attached hydrogens (tertiary/aromatic N) is 2. The summed E-state index contributed by atoms with van der Waals surface area (Å²) >= 11 is 1.64. The number of amides is 1. The van der Waals surface area contributed by atoms with Crippen molar-refractivity contribution in [2.45, 2.75) is 25.7 Å². The first-order chi connectivity index (χ1) is 11.0. The molecule has 0 bridgehead atoms. The molecule has 23 heavy (non-hydrogen) atoms. The summed E-state index contributed by atoms with van der Waals surface area (Å²) in [6, 6.07) is 7.60. The van der Waals surface area contributed by atoms with Crippen molar-refractivity contribution in [2.24, 2.45) is 0 Å². The molecule has 2 atom stereocenters. The molecular formula is C16H18N2O4S. The second kappa shape index (κ2) is 6.55. The minimum Gasteiger partial charge on any atom is -0.479 e. The van der Waals surface area contributed by atoms with Crippen LogP contribution in [0.2, 0.25) is 0 Å². The topological polar surface area (TPSA) is 71.8 Å². The van der Waals surface area contributed by atoms with Crippen LogP contribution in [0.25, 0.3) is 0 Å². The zero-order valence-electron chi connectivity index (χ0n) is 12.7. The van der Waals surface area contributed by atoms with Gasteiger partial charge in [-0.2, -0.15) is 0 Å². The highest BCUT2D eigenvalue weighted by Crippen LogP contribution is 2.17. The fourth-order valence-electron chi connectivity index (χ4n) is 2.73. The SMILES string of the molecule is C[C@@H]1CN(C(=O)c2cccn2Cc2cccs2)CC(C(=O)O)O1. The van der Waals surface area contributed by atoms with Crippen LogP contribution in [0.15, 0.2) is 35.8 Å². The van der Waals surface area contributed by atoms with Crippen LogP contribution in [0.5, 0.6) is 0 Å². The van der Waals surface area contributed by atoms with Crippen molar-refractivity contribution < 1.29 is 19.4 Å². The van der Waals surface area contributed by atoms with Crippen molar-refractivity contribution in [3.05, 3.63) is 46.4 Å². The van der Waals surface area contributed by atoms with E-state index in [1.165, 1.54) is 0 Å². The summed E-state index contributed by atoms with van der Waals surface area (Å²) in [6.45, 7) is 2.88. The minimum atomic E-state index is -1.04. The van der Waals surface area contributed by atoms with Gasteiger partial charge in [-0.3, -0.25) is 4.79 Å². The quantitative estimate of drug-likeness (QED) is 0.927. The lowest BCUT2D eigenvalue weighted by atomic mass is 10.2. The fourth-order valence-corrected chi connectivity index (χ4v) is 3.43. The maximum absolute atomic E-state index is 12.8. The van der Waals surface area contributed by atoms with E-state index in [9.17, 15) is 9.59 Å². The van der Waals surface area contributed by atoms with Gasteiger partial charge in [0.25, 0.3) is 5.91 Å². The molecule has 2 aromatic heterocycles. The second-order valence-corrected chi connectivity index (χ2v) is 6.62. The van der Waals surface area contributed by atoms with Gasteiger partial charge >= 0.3 is 5.97 Å². The van der Waals surface area contributed by atoms with Crippen molar-refractivity contribution >= 4 is 23.2 Å². The van der Waals surface area contributed by atoms with Crippen molar-refractivity contribution in [3.8, 4) is 0 Å². The zero-order chi connectivity index (χ0) is 16.4. The molecule has 3 rings (SSSR count). The normalized spacial score (nSPS) is 21.3. The number of aliphatic carboxylic acids is 1. The predicted octanol–water partition coefficient (Wildman–Crippen LogP) is 1.91. The third-order valence-electron chi connectivity index (χ3n) is 3.78. The Kier molecular flexibility index (Phi) is 4.49. The Labute approximate surface area is 137 Å². The lowest BCUT2D eigenvalue weighted by Gasteiger charge is -2.35. The van der Waals surface area contributed by atoms with Gasteiger partial charge in [0.05, 0.1) is 19.2 Å². The van der Waals surface area contributed by atoms with Crippen LogP contribution in [-0.4, -0.2) is 51.7 Å². The molecule has 1 fully saturated rings. The number of morpholine rings is 1. The van der Waals surface area contributed by atoms with Gasteiger partial charge in [-0.15, -0.1) is 11.3 Å². The Hall–Kier alpha value is -2.12. The van der Waals surface area contributed by atoms with E-state index in [-0.39, 0.29) is 18.6 Å². The summed E-state index contributed by atoms with van der Waals surface area (Å²) in [5.41, 5.74) is 0.566. The highest BCUT2D eigenvalue weighted by molar-refractivity contribution is 7.09. The number of aromatic nitrogens is 1. The van der Waals surface area contributed by atoms with E-state index in [1.54, 1.807) is 29.2 Å². The third-order valence-corrected chi connectivity index (χ3v) is 4.64. The predicted molar refractivity (Wildman–Crippen MR) is 85.7 cm³/mol. The average Bonchev–Trinajstić information content (AvgIpc) is 3.18. The van der Waals surface area contributed by atoms with Crippen molar-refractivity contribution in [2.75, 3.05) is 13.1 Å². The second-order valence-electron chi connectivity index (χ2n) is 5.58. The molecule has 0 radical (unpaired) electrons. The third kappa shape index (κ3) is 3.46. The molecule has 0 aromatic carbocycles. The average molecular weight is 334 g/mol. The first kappa shape index (κ1) is 15.8. The maximum atomic E-state index is 12.8. The van der Waals surface area contributed by atoms with Gasteiger partial charge in [0.15, 0.2) is 6.10 Å². The van der Waals surface area contributed by atoms with Crippen LogP contribution in [0.3, 0.4) is 0 Å². The molecule has 1 N–H and O–H groups in total. The van der Waals surface area contributed by atoms with Crippen LogP contribution in [0, 0.1) is 0 Å². The lowest BCUT2D eigenvalue weighted by Crippen LogP contribution is -2.52. The summed E-state index contributed by atoms with van der Waals surface area (Å²) in [5.74, 6) is -1.20. The van der Waals surface area contributed by atoms with E-state index >= 15 is 0 Å². The molecule has 1 unspecified atom stereocenters. The molecule has 1 aliphatic rings. The van der Waals surface area contributed by atoms with Crippen molar-refractivity contribution in [1.82, 2.24) is 9.47 Å². The Balaban J connectivity index is 1.78.